The molecule has 1 heterocycles. The average Bonchev–Trinajstić information content (AvgIpc) is 2.70. The number of aromatic nitrogens is 2. The van der Waals surface area contributed by atoms with Gasteiger partial charge in [0.2, 0.25) is 0 Å². The molecule has 1 aromatic heterocycles. The van der Waals surface area contributed by atoms with E-state index in [0.717, 1.165) is 38.6 Å². The predicted octanol–water partition coefficient (Wildman–Crippen LogP) is 2.27. The van der Waals surface area contributed by atoms with Crippen LogP contribution in [0.15, 0.2) is 24.0 Å². The Morgan fingerprint density at radius 3 is 3.12 bits per heavy atom. The molecule has 0 spiro atoms. The lowest BCUT2D eigenvalue weighted by atomic mass is 9.94. The smallest absolute Gasteiger partial charge is 0.112 e. The Bertz CT molecular complexity index is 365. The third-order valence-electron chi connectivity index (χ3n) is 3.20. The highest BCUT2D eigenvalue weighted by molar-refractivity contribution is 5.14. The highest BCUT2D eigenvalue weighted by Crippen LogP contribution is 2.20. The van der Waals surface area contributed by atoms with Crippen molar-refractivity contribution in [2.75, 3.05) is 0 Å². The van der Waals surface area contributed by atoms with E-state index in [0.29, 0.717) is 6.04 Å². The molecule has 0 amide bonds. The van der Waals surface area contributed by atoms with Gasteiger partial charge in [-0.25, -0.2) is 4.98 Å². The van der Waals surface area contributed by atoms with E-state index in [9.17, 15) is 0 Å². The first kappa shape index (κ1) is 11.4. The number of aryl methyl sites for hydroxylation is 1. The molecule has 0 bridgehead atoms. The zero-order valence-corrected chi connectivity index (χ0v) is 10.0. The van der Waals surface area contributed by atoms with Crippen LogP contribution in [0.25, 0.3) is 0 Å². The van der Waals surface area contributed by atoms with E-state index in [4.69, 9.17) is 5.73 Å². The Hall–Kier alpha value is -1.09. The molecule has 2 N–H and O–H groups in total. The van der Waals surface area contributed by atoms with Gasteiger partial charge in [0.05, 0.1) is 0 Å². The first-order chi connectivity index (χ1) is 7.79. The number of rotatable bonds is 4. The van der Waals surface area contributed by atoms with E-state index < -0.39 is 0 Å². The molecule has 0 saturated carbocycles. The number of hydrogen-bond donors (Lipinski definition) is 1. The number of hydrogen-bond acceptors (Lipinski definition) is 2. The molecule has 3 nitrogen and oxygen atoms in total. The van der Waals surface area contributed by atoms with Gasteiger partial charge < -0.3 is 10.3 Å². The molecule has 0 radical (unpaired) electrons. The molecule has 0 fully saturated rings. The summed E-state index contributed by atoms with van der Waals surface area (Å²) in [6.07, 6.45) is 11.7. The van der Waals surface area contributed by atoms with Crippen LogP contribution in [0.2, 0.25) is 0 Å². The van der Waals surface area contributed by atoms with Crippen molar-refractivity contribution in [2.45, 2.75) is 51.6 Å². The predicted molar refractivity (Wildman–Crippen MR) is 66.1 cm³/mol. The zero-order chi connectivity index (χ0) is 11.4. The van der Waals surface area contributed by atoms with Crippen LogP contribution in [-0.4, -0.2) is 15.6 Å². The first-order valence-electron chi connectivity index (χ1n) is 6.23. The monoisotopic (exact) mass is 219 g/mol. The van der Waals surface area contributed by atoms with Crippen molar-refractivity contribution in [1.82, 2.24) is 9.55 Å². The van der Waals surface area contributed by atoms with E-state index in [1.54, 1.807) is 0 Å². The molecule has 2 rings (SSSR count). The topological polar surface area (TPSA) is 43.8 Å². The molecule has 0 aliphatic heterocycles. The maximum atomic E-state index is 5.88. The maximum Gasteiger partial charge on any atom is 0.112 e. The van der Waals surface area contributed by atoms with Crippen molar-refractivity contribution in [1.29, 1.82) is 0 Å². The van der Waals surface area contributed by atoms with Crippen molar-refractivity contribution in [3.8, 4) is 0 Å². The normalized spacial score (nSPS) is 20.9. The number of allylic oxidation sites excluding steroid dienone is 1. The summed E-state index contributed by atoms with van der Waals surface area (Å²) in [4.78, 5) is 4.44. The molecular formula is C13H21N3. The van der Waals surface area contributed by atoms with Gasteiger partial charge in [0.15, 0.2) is 0 Å². The fraction of sp³-hybridized carbons (Fsp3) is 0.615. The molecule has 3 heteroatoms. The second-order valence-corrected chi connectivity index (χ2v) is 4.61. The van der Waals surface area contributed by atoms with Gasteiger partial charge >= 0.3 is 0 Å². The molecule has 0 aromatic carbocycles. The van der Waals surface area contributed by atoms with Crippen molar-refractivity contribution in [3.05, 3.63) is 29.9 Å². The molecule has 1 atom stereocenters. The van der Waals surface area contributed by atoms with Gasteiger partial charge in [0.25, 0.3) is 0 Å². The van der Waals surface area contributed by atoms with Crippen LogP contribution in [0.1, 0.15) is 38.4 Å². The van der Waals surface area contributed by atoms with Crippen molar-refractivity contribution in [3.63, 3.8) is 0 Å². The average molecular weight is 219 g/mol. The summed E-state index contributed by atoms with van der Waals surface area (Å²) in [6.45, 7) is 3.27. The lowest BCUT2D eigenvalue weighted by Gasteiger charge is -2.18. The van der Waals surface area contributed by atoms with Crippen LogP contribution >= 0.6 is 0 Å². The van der Waals surface area contributed by atoms with E-state index in [2.05, 4.69) is 28.7 Å². The molecule has 1 aliphatic rings. The Balaban J connectivity index is 2.00. The highest BCUT2D eigenvalue weighted by atomic mass is 15.1. The third-order valence-corrected chi connectivity index (χ3v) is 3.20. The van der Waals surface area contributed by atoms with E-state index in [1.165, 1.54) is 11.4 Å². The number of nitrogens with two attached hydrogens (primary N) is 1. The van der Waals surface area contributed by atoms with Gasteiger partial charge in [-0.15, -0.1) is 0 Å². The largest absolute Gasteiger partial charge is 0.335 e. The van der Waals surface area contributed by atoms with Crippen LogP contribution in [0.5, 0.6) is 0 Å². The second-order valence-electron chi connectivity index (χ2n) is 4.61. The lowest BCUT2D eigenvalue weighted by Crippen LogP contribution is -2.22. The summed E-state index contributed by atoms with van der Waals surface area (Å²) in [5.41, 5.74) is 7.39. The highest BCUT2D eigenvalue weighted by Gasteiger charge is 2.12. The summed E-state index contributed by atoms with van der Waals surface area (Å²) in [5, 5.41) is 0. The van der Waals surface area contributed by atoms with Gasteiger partial charge in [-0.05, 0) is 25.7 Å². The third kappa shape index (κ3) is 2.73. The fourth-order valence-corrected chi connectivity index (χ4v) is 2.22. The van der Waals surface area contributed by atoms with Gasteiger partial charge in [-0.2, -0.15) is 0 Å². The summed E-state index contributed by atoms with van der Waals surface area (Å²) >= 11 is 0. The second kappa shape index (κ2) is 5.30. The molecule has 16 heavy (non-hydrogen) atoms. The summed E-state index contributed by atoms with van der Waals surface area (Å²) in [7, 11) is 0. The molecule has 1 unspecified atom stereocenters. The van der Waals surface area contributed by atoms with Crippen LogP contribution in [0.4, 0.5) is 0 Å². The van der Waals surface area contributed by atoms with Crippen LogP contribution in [0.3, 0.4) is 0 Å². The standard InChI is InChI=1S/C13H21N3/c1-2-8-16-9-7-15-13(16)10-11-3-5-12(14)6-4-11/h3,7,9,12H,2,4-6,8,10,14H2,1H3. The van der Waals surface area contributed by atoms with Gasteiger partial charge in [-0.3, -0.25) is 0 Å². The maximum absolute atomic E-state index is 5.88. The Kier molecular flexibility index (Phi) is 3.78. The SMILES string of the molecule is CCCn1ccnc1CC1=CCC(N)CC1. The number of nitrogens with zero attached hydrogens (tertiary/aromatic N) is 2. The van der Waals surface area contributed by atoms with Crippen molar-refractivity contribution >= 4 is 0 Å². The lowest BCUT2D eigenvalue weighted by molar-refractivity contribution is 0.574. The van der Waals surface area contributed by atoms with Crippen molar-refractivity contribution < 1.29 is 0 Å². The summed E-state index contributed by atoms with van der Waals surface area (Å²) in [6, 6.07) is 0.374. The Labute approximate surface area is 97.4 Å². The van der Waals surface area contributed by atoms with Crippen LogP contribution in [0, 0.1) is 0 Å². The van der Waals surface area contributed by atoms with Crippen LogP contribution < -0.4 is 5.73 Å². The van der Waals surface area contributed by atoms with E-state index >= 15 is 0 Å². The number of imidazole rings is 1. The Morgan fingerprint density at radius 2 is 2.44 bits per heavy atom. The van der Waals surface area contributed by atoms with E-state index in [-0.39, 0.29) is 0 Å². The molecule has 1 aromatic rings. The minimum Gasteiger partial charge on any atom is -0.335 e. The zero-order valence-electron chi connectivity index (χ0n) is 10.0. The molecule has 1 aliphatic carbocycles. The summed E-state index contributed by atoms with van der Waals surface area (Å²) < 4.78 is 2.26. The summed E-state index contributed by atoms with van der Waals surface area (Å²) in [5.74, 6) is 1.20. The first-order valence-corrected chi connectivity index (χ1v) is 6.23. The molecule has 88 valence electrons. The van der Waals surface area contributed by atoms with Gasteiger partial charge in [0.1, 0.15) is 5.82 Å². The molecule has 0 saturated heterocycles. The quantitative estimate of drug-likeness (QED) is 0.789. The van der Waals surface area contributed by atoms with Crippen LogP contribution in [-0.2, 0) is 13.0 Å². The minimum absolute atomic E-state index is 0.374. The van der Waals surface area contributed by atoms with Gasteiger partial charge in [0, 0.05) is 31.4 Å². The van der Waals surface area contributed by atoms with E-state index in [1.807, 2.05) is 6.20 Å². The Morgan fingerprint density at radius 1 is 1.56 bits per heavy atom. The molecular weight excluding hydrogens is 198 g/mol. The minimum atomic E-state index is 0.374. The van der Waals surface area contributed by atoms with Crippen molar-refractivity contribution in [2.24, 2.45) is 5.73 Å². The van der Waals surface area contributed by atoms with Gasteiger partial charge in [-0.1, -0.05) is 18.6 Å². The fourth-order valence-electron chi connectivity index (χ4n) is 2.22.